The Morgan fingerprint density at radius 3 is 1.29 bits per heavy atom. The summed E-state index contributed by atoms with van der Waals surface area (Å²) in [6.45, 7) is 12.2. The summed E-state index contributed by atoms with van der Waals surface area (Å²) in [5, 5.41) is 10.6. The van der Waals surface area contributed by atoms with Gasteiger partial charge in [0, 0.05) is 9.75 Å². The summed E-state index contributed by atoms with van der Waals surface area (Å²) in [5.74, 6) is 0. The average Bonchev–Trinajstić information content (AvgIpc) is 3.23. The molecule has 3 aromatic heterocycles. The van der Waals surface area contributed by atoms with Crippen LogP contribution in [0.4, 0.5) is 0 Å². The predicted octanol–water partition coefficient (Wildman–Crippen LogP) is 6.66. The molecule has 114 valence electrons. The minimum Gasteiger partial charge on any atom is -0.138 e. The molecule has 0 aromatic carbocycles. The Labute approximate surface area is 139 Å². The first-order valence-electron chi connectivity index (χ1n) is 7.19. The number of nitrogens with zero attached hydrogens (tertiary/aromatic N) is 2. The zero-order chi connectivity index (χ0) is 15.8. The van der Waals surface area contributed by atoms with Crippen molar-refractivity contribution in [2.45, 2.75) is 41.5 Å². The molecule has 3 heterocycles. The highest BCUT2D eigenvalue weighted by molar-refractivity contribution is 7.25. The predicted molar refractivity (Wildman–Crippen MR) is 98.7 cm³/mol. The average molecular weight is 339 g/mol. The first kappa shape index (κ1) is 18.0. The number of aromatic nitrogens is 2. The molecule has 0 unspecified atom stereocenters. The van der Waals surface area contributed by atoms with E-state index in [1.165, 1.54) is 19.5 Å². The molecule has 0 saturated carbocycles. The van der Waals surface area contributed by atoms with Gasteiger partial charge in [-0.05, 0) is 38.1 Å². The van der Waals surface area contributed by atoms with E-state index in [0.29, 0.717) is 0 Å². The van der Waals surface area contributed by atoms with Gasteiger partial charge in [-0.3, -0.25) is 0 Å². The first-order valence-corrected chi connectivity index (χ1v) is 9.64. The second-order valence-electron chi connectivity index (χ2n) is 3.73. The highest BCUT2D eigenvalue weighted by Gasteiger charge is 2.11. The SMILES string of the molecule is CC.CC.Cc1ccc(-c2nnc(-c3ccc(C)s3)s2)s1. The molecule has 0 aliphatic carbocycles. The van der Waals surface area contributed by atoms with E-state index < -0.39 is 0 Å². The Morgan fingerprint density at radius 1 is 0.619 bits per heavy atom. The summed E-state index contributed by atoms with van der Waals surface area (Å²) in [5.41, 5.74) is 0. The zero-order valence-electron chi connectivity index (χ0n) is 13.4. The topological polar surface area (TPSA) is 25.8 Å². The maximum absolute atomic E-state index is 4.27. The lowest BCUT2D eigenvalue weighted by Gasteiger charge is -1.86. The molecule has 5 heteroatoms. The molecule has 0 atom stereocenters. The van der Waals surface area contributed by atoms with Gasteiger partial charge in [-0.15, -0.1) is 32.9 Å². The van der Waals surface area contributed by atoms with Crippen molar-refractivity contribution in [3.63, 3.8) is 0 Å². The molecule has 2 nitrogen and oxygen atoms in total. The fourth-order valence-corrected chi connectivity index (χ4v) is 4.20. The van der Waals surface area contributed by atoms with Crippen LogP contribution in [-0.4, -0.2) is 10.2 Å². The third-order valence-electron chi connectivity index (χ3n) is 2.33. The van der Waals surface area contributed by atoms with Crippen LogP contribution in [-0.2, 0) is 0 Å². The molecular formula is C16H22N2S3. The molecule has 0 amide bonds. The summed E-state index contributed by atoms with van der Waals surface area (Å²) < 4.78 is 0. The van der Waals surface area contributed by atoms with Crippen molar-refractivity contribution in [2.24, 2.45) is 0 Å². The Morgan fingerprint density at radius 2 is 1.00 bits per heavy atom. The molecular weight excluding hydrogens is 316 g/mol. The van der Waals surface area contributed by atoms with Gasteiger partial charge in [0.15, 0.2) is 10.0 Å². The molecule has 0 fully saturated rings. The van der Waals surface area contributed by atoms with E-state index in [1.54, 1.807) is 34.0 Å². The number of thiophene rings is 2. The van der Waals surface area contributed by atoms with Crippen molar-refractivity contribution < 1.29 is 0 Å². The third-order valence-corrected chi connectivity index (χ3v) is 5.59. The van der Waals surface area contributed by atoms with Gasteiger partial charge in [-0.1, -0.05) is 39.0 Å². The summed E-state index contributed by atoms with van der Waals surface area (Å²) in [4.78, 5) is 5.03. The van der Waals surface area contributed by atoms with Crippen LogP contribution in [0.25, 0.3) is 19.8 Å². The van der Waals surface area contributed by atoms with Crippen molar-refractivity contribution in [2.75, 3.05) is 0 Å². The van der Waals surface area contributed by atoms with Gasteiger partial charge in [0.25, 0.3) is 0 Å². The Kier molecular flexibility index (Phi) is 7.78. The molecule has 0 aliphatic rings. The quantitative estimate of drug-likeness (QED) is 0.522. The lowest BCUT2D eigenvalue weighted by Crippen LogP contribution is -1.71. The molecule has 21 heavy (non-hydrogen) atoms. The van der Waals surface area contributed by atoms with Gasteiger partial charge < -0.3 is 0 Å². The van der Waals surface area contributed by atoms with E-state index in [0.717, 1.165) is 10.0 Å². The molecule has 0 radical (unpaired) electrons. The Hall–Kier alpha value is -1.04. The summed E-state index contributed by atoms with van der Waals surface area (Å²) in [6.07, 6.45) is 0. The maximum atomic E-state index is 4.27. The lowest BCUT2D eigenvalue weighted by molar-refractivity contribution is 1.11. The van der Waals surface area contributed by atoms with E-state index >= 15 is 0 Å². The zero-order valence-corrected chi connectivity index (χ0v) is 15.9. The van der Waals surface area contributed by atoms with Crippen LogP contribution < -0.4 is 0 Å². The van der Waals surface area contributed by atoms with E-state index in [1.807, 2.05) is 27.7 Å². The van der Waals surface area contributed by atoms with Crippen LogP contribution >= 0.6 is 34.0 Å². The van der Waals surface area contributed by atoms with Crippen molar-refractivity contribution in [1.82, 2.24) is 10.2 Å². The van der Waals surface area contributed by atoms with Crippen LogP contribution in [0.2, 0.25) is 0 Å². The standard InChI is InChI=1S/C12H10N2S3.2C2H6/c1-7-3-5-9(15-7)11-13-14-12(17-11)10-6-4-8(2)16-10;2*1-2/h3-6H,1-2H3;2*1-2H3. The van der Waals surface area contributed by atoms with Gasteiger partial charge in [-0.2, -0.15) is 0 Å². The monoisotopic (exact) mass is 338 g/mol. The lowest BCUT2D eigenvalue weighted by atomic mass is 10.4. The number of hydrogen-bond donors (Lipinski definition) is 0. The Bertz CT molecular complexity index is 595. The van der Waals surface area contributed by atoms with E-state index in [4.69, 9.17) is 0 Å². The van der Waals surface area contributed by atoms with E-state index in [2.05, 4.69) is 48.3 Å². The van der Waals surface area contributed by atoms with Crippen LogP contribution in [0, 0.1) is 13.8 Å². The molecule has 0 spiro atoms. The number of rotatable bonds is 2. The molecule has 0 aliphatic heterocycles. The van der Waals surface area contributed by atoms with Crippen molar-refractivity contribution in [3.05, 3.63) is 34.0 Å². The summed E-state index contributed by atoms with van der Waals surface area (Å²) >= 11 is 5.20. The van der Waals surface area contributed by atoms with Crippen LogP contribution in [0.5, 0.6) is 0 Å². The molecule has 0 N–H and O–H groups in total. The minimum absolute atomic E-state index is 1.02. The largest absolute Gasteiger partial charge is 0.158 e. The smallest absolute Gasteiger partial charge is 0.138 e. The van der Waals surface area contributed by atoms with Crippen molar-refractivity contribution in [3.8, 4) is 19.8 Å². The minimum atomic E-state index is 1.02. The van der Waals surface area contributed by atoms with Gasteiger partial charge in [0.05, 0.1) is 9.75 Å². The second kappa shape index (κ2) is 9.07. The van der Waals surface area contributed by atoms with E-state index in [9.17, 15) is 0 Å². The number of hydrogen-bond acceptors (Lipinski definition) is 5. The van der Waals surface area contributed by atoms with Crippen molar-refractivity contribution in [1.29, 1.82) is 0 Å². The van der Waals surface area contributed by atoms with Crippen LogP contribution in [0.3, 0.4) is 0 Å². The van der Waals surface area contributed by atoms with Gasteiger partial charge in [0.1, 0.15) is 0 Å². The van der Waals surface area contributed by atoms with Crippen LogP contribution in [0.1, 0.15) is 37.4 Å². The molecule has 3 aromatic rings. The highest BCUT2D eigenvalue weighted by Crippen LogP contribution is 2.35. The summed E-state index contributed by atoms with van der Waals surface area (Å²) in [6, 6.07) is 8.47. The molecule has 3 rings (SSSR count). The van der Waals surface area contributed by atoms with Crippen LogP contribution in [0.15, 0.2) is 24.3 Å². The van der Waals surface area contributed by atoms with Gasteiger partial charge >= 0.3 is 0 Å². The van der Waals surface area contributed by atoms with Gasteiger partial charge in [0.2, 0.25) is 0 Å². The first-order chi connectivity index (χ1) is 10.2. The third kappa shape index (κ3) is 4.73. The van der Waals surface area contributed by atoms with Gasteiger partial charge in [-0.25, -0.2) is 0 Å². The van der Waals surface area contributed by atoms with E-state index in [-0.39, 0.29) is 0 Å². The normalized spacial score (nSPS) is 9.43. The highest BCUT2D eigenvalue weighted by atomic mass is 32.1. The second-order valence-corrected chi connectivity index (χ2v) is 7.29. The fourth-order valence-electron chi connectivity index (χ4n) is 1.52. The summed E-state index contributed by atoms with van der Waals surface area (Å²) in [7, 11) is 0. The molecule has 0 bridgehead atoms. The van der Waals surface area contributed by atoms with Crippen molar-refractivity contribution >= 4 is 34.0 Å². The Balaban J connectivity index is 0.000000510. The number of aryl methyl sites for hydroxylation is 2. The fraction of sp³-hybridized carbons (Fsp3) is 0.375. The maximum Gasteiger partial charge on any atom is 0.158 e. The molecule has 0 saturated heterocycles.